The zero-order valence-corrected chi connectivity index (χ0v) is 13.0. The number of nitrogens with two attached hydrogens (primary N) is 1. The van der Waals surface area contributed by atoms with Gasteiger partial charge in [-0.1, -0.05) is 27.7 Å². The van der Waals surface area contributed by atoms with Crippen molar-refractivity contribution in [3.8, 4) is 5.75 Å². The van der Waals surface area contributed by atoms with E-state index < -0.39 is 0 Å². The summed E-state index contributed by atoms with van der Waals surface area (Å²) in [5, 5.41) is 8.39. The summed E-state index contributed by atoms with van der Waals surface area (Å²) in [5.74, 6) is 0.920. The number of ether oxygens (including phenoxy) is 1. The number of benzene rings is 1. The molecule has 18 heavy (non-hydrogen) atoms. The van der Waals surface area contributed by atoms with E-state index in [-0.39, 0.29) is 6.61 Å². The molecule has 0 fully saturated rings. The van der Waals surface area contributed by atoms with Gasteiger partial charge in [0.25, 0.3) is 0 Å². The highest BCUT2D eigenvalue weighted by atomic mass is 32.2. The Labute approximate surface area is 116 Å². The zero-order valence-electron chi connectivity index (χ0n) is 12.1. The molecule has 0 amide bonds. The molecule has 0 saturated carbocycles. The van der Waals surface area contributed by atoms with Crippen molar-refractivity contribution in [3.05, 3.63) is 24.3 Å². The Morgan fingerprint density at radius 3 is 1.94 bits per heavy atom. The summed E-state index contributed by atoms with van der Waals surface area (Å²) in [6.45, 7) is 8.85. The second kappa shape index (κ2) is 14.4. The van der Waals surface area contributed by atoms with Gasteiger partial charge in [-0.05, 0) is 24.3 Å². The number of aliphatic hydroxyl groups excluding tert-OH is 1. The lowest BCUT2D eigenvalue weighted by molar-refractivity contribution is 0.306. The van der Waals surface area contributed by atoms with Crippen molar-refractivity contribution < 1.29 is 9.84 Å². The molecule has 0 saturated heterocycles. The van der Waals surface area contributed by atoms with Crippen LogP contribution in [0.3, 0.4) is 0 Å². The van der Waals surface area contributed by atoms with Crippen molar-refractivity contribution in [1.82, 2.24) is 0 Å². The van der Waals surface area contributed by atoms with Crippen LogP contribution in [0.15, 0.2) is 29.2 Å². The molecule has 1 rings (SSSR count). The number of hydrogen-bond donors (Lipinski definition) is 2. The van der Waals surface area contributed by atoms with E-state index in [1.54, 1.807) is 7.11 Å². The molecule has 0 aliphatic rings. The second-order valence-corrected chi connectivity index (χ2v) is 5.00. The molecule has 0 heterocycles. The van der Waals surface area contributed by atoms with Gasteiger partial charge in [-0.25, -0.2) is 0 Å². The fourth-order valence-electron chi connectivity index (χ4n) is 0.926. The lowest BCUT2D eigenvalue weighted by Gasteiger charge is -2.05. The molecule has 0 aliphatic carbocycles. The lowest BCUT2D eigenvalue weighted by Crippen LogP contribution is -2.02. The summed E-state index contributed by atoms with van der Waals surface area (Å²) >= 11 is 1.86. The van der Waals surface area contributed by atoms with E-state index in [1.807, 2.05) is 37.7 Å². The minimum absolute atomic E-state index is 0.0972. The molecule has 0 aliphatic heterocycles. The Morgan fingerprint density at radius 1 is 1.22 bits per heavy atom. The van der Waals surface area contributed by atoms with Crippen molar-refractivity contribution in [2.24, 2.45) is 5.73 Å². The SMILES string of the molecule is CC.COc1ccc(SC(C)C)cc1.NCCO. The molecule has 3 N–H and O–H groups in total. The first-order chi connectivity index (χ1) is 8.63. The fraction of sp³-hybridized carbons (Fsp3) is 0.571. The number of aliphatic hydroxyl groups is 1. The van der Waals surface area contributed by atoms with E-state index in [1.165, 1.54) is 4.90 Å². The molecule has 1 aromatic rings. The maximum atomic E-state index is 7.75. The fourth-order valence-corrected chi connectivity index (χ4v) is 1.76. The smallest absolute Gasteiger partial charge is 0.118 e. The normalized spacial score (nSPS) is 8.89. The first kappa shape index (κ1) is 19.6. The maximum Gasteiger partial charge on any atom is 0.118 e. The Balaban J connectivity index is 0. The van der Waals surface area contributed by atoms with Crippen molar-refractivity contribution in [3.63, 3.8) is 0 Å². The van der Waals surface area contributed by atoms with E-state index in [0.29, 0.717) is 11.8 Å². The molecular weight excluding hydrogens is 246 g/mol. The highest BCUT2D eigenvalue weighted by molar-refractivity contribution is 7.99. The number of hydrogen-bond acceptors (Lipinski definition) is 4. The van der Waals surface area contributed by atoms with Crippen molar-refractivity contribution in [2.75, 3.05) is 20.3 Å². The van der Waals surface area contributed by atoms with Crippen LogP contribution in [0.2, 0.25) is 0 Å². The topological polar surface area (TPSA) is 55.5 Å². The van der Waals surface area contributed by atoms with Crippen LogP contribution in [0.5, 0.6) is 5.75 Å². The van der Waals surface area contributed by atoms with Gasteiger partial charge in [-0.2, -0.15) is 0 Å². The van der Waals surface area contributed by atoms with Crippen LogP contribution in [0.25, 0.3) is 0 Å². The summed E-state index contributed by atoms with van der Waals surface area (Å²) < 4.78 is 5.06. The highest BCUT2D eigenvalue weighted by Gasteiger charge is 1.97. The monoisotopic (exact) mass is 273 g/mol. The predicted octanol–water partition coefficient (Wildman–Crippen LogP) is 3.16. The highest BCUT2D eigenvalue weighted by Crippen LogP contribution is 2.24. The molecule has 0 radical (unpaired) electrons. The molecular formula is C14H27NO2S. The van der Waals surface area contributed by atoms with E-state index in [2.05, 4.69) is 26.0 Å². The minimum atomic E-state index is 0.0972. The lowest BCUT2D eigenvalue weighted by atomic mass is 10.3. The van der Waals surface area contributed by atoms with E-state index in [0.717, 1.165) is 5.75 Å². The first-order valence-corrected chi connectivity index (χ1v) is 7.13. The van der Waals surface area contributed by atoms with E-state index in [9.17, 15) is 0 Å². The van der Waals surface area contributed by atoms with Crippen molar-refractivity contribution in [1.29, 1.82) is 0 Å². The molecule has 106 valence electrons. The quantitative estimate of drug-likeness (QED) is 0.827. The van der Waals surface area contributed by atoms with Gasteiger partial charge in [0.15, 0.2) is 0 Å². The number of rotatable bonds is 4. The van der Waals surface area contributed by atoms with Gasteiger partial charge in [-0.15, -0.1) is 11.8 Å². The van der Waals surface area contributed by atoms with Gasteiger partial charge >= 0.3 is 0 Å². The molecule has 0 bridgehead atoms. The van der Waals surface area contributed by atoms with Gasteiger partial charge in [0, 0.05) is 16.7 Å². The number of thioether (sulfide) groups is 1. The molecule has 3 nitrogen and oxygen atoms in total. The Morgan fingerprint density at radius 2 is 1.67 bits per heavy atom. The van der Waals surface area contributed by atoms with Crippen LogP contribution in [0.1, 0.15) is 27.7 Å². The van der Waals surface area contributed by atoms with Crippen LogP contribution in [0.4, 0.5) is 0 Å². The van der Waals surface area contributed by atoms with Crippen LogP contribution >= 0.6 is 11.8 Å². The van der Waals surface area contributed by atoms with E-state index in [4.69, 9.17) is 15.6 Å². The largest absolute Gasteiger partial charge is 0.497 e. The van der Waals surface area contributed by atoms with Crippen molar-refractivity contribution >= 4 is 11.8 Å². The van der Waals surface area contributed by atoms with Crippen LogP contribution in [-0.4, -0.2) is 30.6 Å². The van der Waals surface area contributed by atoms with Gasteiger partial charge in [0.2, 0.25) is 0 Å². The van der Waals surface area contributed by atoms with Crippen LogP contribution < -0.4 is 10.5 Å². The zero-order chi connectivity index (χ0) is 14.4. The molecule has 1 aromatic carbocycles. The van der Waals surface area contributed by atoms with Gasteiger partial charge in [0.1, 0.15) is 5.75 Å². The maximum absolute atomic E-state index is 7.75. The Hall–Kier alpha value is -0.710. The average Bonchev–Trinajstić information content (AvgIpc) is 2.41. The summed E-state index contributed by atoms with van der Waals surface area (Å²) in [6, 6.07) is 8.16. The molecule has 0 aromatic heterocycles. The first-order valence-electron chi connectivity index (χ1n) is 6.25. The predicted molar refractivity (Wildman–Crippen MR) is 81.5 cm³/mol. The minimum Gasteiger partial charge on any atom is -0.497 e. The van der Waals surface area contributed by atoms with E-state index >= 15 is 0 Å². The summed E-state index contributed by atoms with van der Waals surface area (Å²) in [5.41, 5.74) is 4.78. The summed E-state index contributed by atoms with van der Waals surface area (Å²) in [7, 11) is 1.69. The second-order valence-electron chi connectivity index (χ2n) is 3.35. The molecule has 0 unspecified atom stereocenters. The summed E-state index contributed by atoms with van der Waals surface area (Å²) in [4.78, 5) is 1.30. The standard InChI is InChI=1S/C10H14OS.C2H7NO.C2H6/c1-8(2)12-10-6-4-9(11-3)5-7-10;3-1-2-4;1-2/h4-8H,1-3H3;4H,1-3H2;1-2H3. The Bertz CT molecular complexity index is 261. The third kappa shape index (κ3) is 11.8. The Kier molecular flexibility index (Phi) is 15.6. The average molecular weight is 273 g/mol. The van der Waals surface area contributed by atoms with Crippen LogP contribution in [0, 0.1) is 0 Å². The molecule has 0 atom stereocenters. The van der Waals surface area contributed by atoms with Gasteiger partial charge < -0.3 is 15.6 Å². The number of methoxy groups -OCH3 is 1. The van der Waals surface area contributed by atoms with Gasteiger partial charge in [-0.3, -0.25) is 0 Å². The van der Waals surface area contributed by atoms with Crippen LogP contribution in [-0.2, 0) is 0 Å². The van der Waals surface area contributed by atoms with Crippen molar-refractivity contribution in [2.45, 2.75) is 37.8 Å². The third-order valence-corrected chi connectivity index (χ3v) is 2.58. The summed E-state index contributed by atoms with van der Waals surface area (Å²) in [6.07, 6.45) is 0. The third-order valence-electron chi connectivity index (χ3n) is 1.56. The molecule has 4 heteroatoms. The molecule has 0 spiro atoms. The van der Waals surface area contributed by atoms with Gasteiger partial charge in [0.05, 0.1) is 13.7 Å².